The number of carbonyl (C=O) groups excluding carboxylic acids is 1. The number of piperidine rings is 2. The molecule has 23 heavy (non-hydrogen) atoms. The van der Waals surface area contributed by atoms with Crippen LogP contribution in [0.5, 0.6) is 0 Å². The number of amides is 1. The second kappa shape index (κ2) is 5.59. The van der Waals surface area contributed by atoms with Gasteiger partial charge in [-0.2, -0.15) is 9.40 Å². The van der Waals surface area contributed by atoms with Crippen molar-refractivity contribution in [2.24, 2.45) is 7.05 Å². The lowest BCUT2D eigenvalue weighted by atomic mass is 9.77. The van der Waals surface area contributed by atoms with E-state index in [0.29, 0.717) is 13.1 Å². The van der Waals surface area contributed by atoms with Crippen molar-refractivity contribution in [3.8, 4) is 0 Å². The van der Waals surface area contributed by atoms with Crippen molar-refractivity contribution in [1.82, 2.24) is 19.0 Å². The van der Waals surface area contributed by atoms with Gasteiger partial charge in [-0.05, 0) is 32.6 Å². The van der Waals surface area contributed by atoms with E-state index in [1.165, 1.54) is 17.1 Å². The predicted octanol–water partition coefficient (Wildman–Crippen LogP) is 0.974. The molecule has 2 aliphatic rings. The number of hydrogen-bond acceptors (Lipinski definition) is 4. The second-order valence-corrected chi connectivity index (χ2v) is 8.65. The Morgan fingerprint density at radius 3 is 2.70 bits per heavy atom. The Bertz CT molecular complexity index is 714. The van der Waals surface area contributed by atoms with E-state index in [0.717, 1.165) is 25.7 Å². The Balaban J connectivity index is 1.99. The van der Waals surface area contributed by atoms with Gasteiger partial charge in [0.25, 0.3) is 0 Å². The number of hydrogen-bond donors (Lipinski definition) is 0. The van der Waals surface area contributed by atoms with Crippen molar-refractivity contribution in [2.45, 2.75) is 56.0 Å². The van der Waals surface area contributed by atoms with Crippen LogP contribution < -0.4 is 0 Å². The monoisotopic (exact) mass is 340 g/mol. The summed E-state index contributed by atoms with van der Waals surface area (Å²) >= 11 is 0. The maximum Gasteiger partial charge on any atom is 0.246 e. The molecular weight excluding hydrogens is 316 g/mol. The molecule has 0 saturated carbocycles. The zero-order valence-electron chi connectivity index (χ0n) is 13.9. The Morgan fingerprint density at radius 2 is 2.09 bits per heavy atom. The number of aromatic nitrogens is 2. The van der Waals surface area contributed by atoms with Crippen molar-refractivity contribution >= 4 is 15.9 Å². The molecule has 0 aliphatic carbocycles. The highest BCUT2D eigenvalue weighted by Crippen LogP contribution is 2.41. The van der Waals surface area contributed by atoms with Crippen molar-refractivity contribution in [1.29, 1.82) is 0 Å². The van der Waals surface area contributed by atoms with Crippen LogP contribution in [0, 0.1) is 0 Å². The molecular formula is C15H24N4O3S. The molecule has 0 bridgehead atoms. The topological polar surface area (TPSA) is 75.5 Å². The van der Waals surface area contributed by atoms with E-state index in [1.807, 2.05) is 11.8 Å². The van der Waals surface area contributed by atoms with Crippen LogP contribution >= 0.6 is 0 Å². The van der Waals surface area contributed by atoms with Gasteiger partial charge >= 0.3 is 0 Å². The Kier molecular flexibility index (Phi) is 4.00. The summed E-state index contributed by atoms with van der Waals surface area (Å²) in [5.74, 6) is 0.0258. The van der Waals surface area contributed by atoms with Gasteiger partial charge in [0.05, 0.1) is 11.7 Å². The number of likely N-dealkylation sites (tertiary alicyclic amines) is 1. The van der Waals surface area contributed by atoms with E-state index in [9.17, 15) is 13.2 Å². The smallest absolute Gasteiger partial charge is 0.246 e. The van der Waals surface area contributed by atoms with Crippen LogP contribution in [0.4, 0.5) is 0 Å². The van der Waals surface area contributed by atoms with Gasteiger partial charge < -0.3 is 4.90 Å². The lowest BCUT2D eigenvalue weighted by Crippen LogP contribution is -2.67. The molecule has 0 N–H and O–H groups in total. The predicted molar refractivity (Wildman–Crippen MR) is 85.1 cm³/mol. The van der Waals surface area contributed by atoms with Gasteiger partial charge in [-0.25, -0.2) is 8.42 Å². The number of rotatable bonds is 2. The van der Waals surface area contributed by atoms with Gasteiger partial charge in [0.2, 0.25) is 15.9 Å². The molecule has 2 fully saturated rings. The van der Waals surface area contributed by atoms with E-state index < -0.39 is 15.6 Å². The molecule has 0 radical (unpaired) electrons. The molecule has 7 nitrogen and oxygen atoms in total. The summed E-state index contributed by atoms with van der Waals surface area (Å²) in [7, 11) is -1.88. The minimum atomic E-state index is -3.59. The van der Waals surface area contributed by atoms with E-state index in [2.05, 4.69) is 5.10 Å². The van der Waals surface area contributed by atoms with Crippen LogP contribution in [0.1, 0.15) is 39.5 Å². The molecule has 128 valence electrons. The average Bonchev–Trinajstić information content (AvgIpc) is 2.92. The maximum atomic E-state index is 13.0. The quantitative estimate of drug-likeness (QED) is 0.804. The van der Waals surface area contributed by atoms with Crippen molar-refractivity contribution in [2.75, 3.05) is 13.1 Å². The van der Waals surface area contributed by atoms with Gasteiger partial charge in [0.1, 0.15) is 4.90 Å². The summed E-state index contributed by atoms with van der Waals surface area (Å²) in [4.78, 5) is 14.1. The van der Waals surface area contributed by atoms with Crippen LogP contribution in [0.2, 0.25) is 0 Å². The first kappa shape index (κ1) is 16.4. The van der Waals surface area contributed by atoms with Crippen LogP contribution in [0.25, 0.3) is 0 Å². The van der Waals surface area contributed by atoms with E-state index >= 15 is 0 Å². The summed E-state index contributed by atoms with van der Waals surface area (Å²) in [6.07, 6.45) is 6.16. The fraction of sp³-hybridized carbons (Fsp3) is 0.733. The van der Waals surface area contributed by atoms with Crippen molar-refractivity contribution in [3.05, 3.63) is 12.4 Å². The Hall–Kier alpha value is -1.41. The largest absolute Gasteiger partial charge is 0.336 e. The SMILES string of the molecule is CC(=O)N1CCC[C@H]2N(S(=O)(=O)c3cnn(C)c3)CCC[C@@]21C. The molecule has 8 heteroatoms. The number of sulfonamides is 1. The standard InChI is InChI=1S/C15H24N4O3S/c1-12(20)18-8-4-6-14-15(18,2)7-5-9-19(14)23(21,22)13-10-16-17(3)11-13/h10-11,14H,4-9H2,1-3H3/t14-,15+/m1/s1. The van der Waals surface area contributed by atoms with Gasteiger partial charge in [-0.1, -0.05) is 0 Å². The van der Waals surface area contributed by atoms with E-state index in [1.54, 1.807) is 18.3 Å². The molecule has 0 unspecified atom stereocenters. The fourth-order valence-electron chi connectivity index (χ4n) is 4.17. The number of fused-ring (bicyclic) bond motifs is 1. The number of nitrogens with zero attached hydrogens (tertiary/aromatic N) is 4. The highest BCUT2D eigenvalue weighted by molar-refractivity contribution is 7.89. The molecule has 0 aromatic carbocycles. The summed E-state index contributed by atoms with van der Waals surface area (Å²) in [5, 5.41) is 3.99. The molecule has 2 saturated heterocycles. The first-order valence-corrected chi connectivity index (χ1v) is 9.49. The van der Waals surface area contributed by atoms with Crippen LogP contribution in [-0.2, 0) is 21.9 Å². The molecule has 0 spiro atoms. The minimum Gasteiger partial charge on any atom is -0.336 e. The van der Waals surface area contributed by atoms with Crippen molar-refractivity contribution in [3.63, 3.8) is 0 Å². The first-order valence-electron chi connectivity index (χ1n) is 8.05. The fourth-order valence-corrected chi connectivity index (χ4v) is 5.94. The van der Waals surface area contributed by atoms with Crippen LogP contribution in [0.3, 0.4) is 0 Å². The second-order valence-electron chi connectivity index (χ2n) is 6.75. The summed E-state index contributed by atoms with van der Waals surface area (Å²) in [6.45, 7) is 4.82. The normalized spacial score (nSPS) is 29.3. The van der Waals surface area contributed by atoms with Crippen LogP contribution in [-0.4, -0.2) is 58.0 Å². The summed E-state index contributed by atoms with van der Waals surface area (Å²) in [5.41, 5.74) is -0.419. The first-order chi connectivity index (χ1) is 10.8. The lowest BCUT2D eigenvalue weighted by molar-refractivity contribution is -0.142. The maximum absolute atomic E-state index is 13.0. The molecule has 3 heterocycles. The third-order valence-electron chi connectivity index (χ3n) is 5.27. The Morgan fingerprint density at radius 1 is 1.35 bits per heavy atom. The van der Waals surface area contributed by atoms with Crippen LogP contribution in [0.15, 0.2) is 17.3 Å². The number of carbonyl (C=O) groups is 1. The molecule has 1 aromatic heterocycles. The third kappa shape index (κ3) is 2.57. The van der Waals surface area contributed by atoms with Gasteiger partial charge in [0.15, 0.2) is 0 Å². The summed E-state index contributed by atoms with van der Waals surface area (Å²) < 4.78 is 29.2. The molecule has 3 rings (SSSR count). The molecule has 2 atom stereocenters. The average molecular weight is 340 g/mol. The van der Waals surface area contributed by atoms with Gasteiger partial charge in [0, 0.05) is 39.3 Å². The minimum absolute atomic E-state index is 0.0258. The molecule has 2 aliphatic heterocycles. The molecule has 1 aromatic rings. The number of aryl methyl sites for hydroxylation is 1. The van der Waals surface area contributed by atoms with Crippen molar-refractivity contribution < 1.29 is 13.2 Å². The van der Waals surface area contributed by atoms with Gasteiger partial charge in [-0.3, -0.25) is 9.48 Å². The highest BCUT2D eigenvalue weighted by atomic mass is 32.2. The third-order valence-corrected chi connectivity index (χ3v) is 7.13. The van der Waals surface area contributed by atoms with E-state index in [-0.39, 0.29) is 16.8 Å². The van der Waals surface area contributed by atoms with E-state index in [4.69, 9.17) is 0 Å². The highest BCUT2D eigenvalue weighted by Gasteiger charge is 2.51. The lowest BCUT2D eigenvalue weighted by Gasteiger charge is -2.55. The zero-order chi connectivity index (χ0) is 16.8. The Labute approximate surface area is 137 Å². The zero-order valence-corrected chi connectivity index (χ0v) is 14.7. The van der Waals surface area contributed by atoms with Gasteiger partial charge in [-0.15, -0.1) is 0 Å². The molecule has 1 amide bonds. The summed E-state index contributed by atoms with van der Waals surface area (Å²) in [6, 6.07) is -0.167.